The maximum Gasteiger partial charge on any atom is 0.407 e. The molecule has 7 heteroatoms. The molecule has 1 aromatic carbocycles. The van der Waals surface area contributed by atoms with Gasteiger partial charge in [0, 0.05) is 11.5 Å². The molecule has 1 aliphatic rings. The van der Waals surface area contributed by atoms with E-state index in [9.17, 15) is 20.0 Å². The molecule has 0 aliphatic carbocycles. The van der Waals surface area contributed by atoms with Crippen LogP contribution in [0.4, 0.5) is 10.5 Å². The van der Waals surface area contributed by atoms with Gasteiger partial charge < -0.3 is 15.2 Å². The molecule has 7 nitrogen and oxygen atoms in total. The van der Waals surface area contributed by atoms with E-state index in [4.69, 9.17) is 4.74 Å². The predicted molar refractivity (Wildman–Crippen MR) is 65.8 cm³/mol. The molecule has 2 rings (SSSR count). The normalized spacial score (nSPS) is 21.4. The fourth-order valence-electron chi connectivity index (χ4n) is 2.13. The van der Waals surface area contributed by atoms with Crippen molar-refractivity contribution in [2.24, 2.45) is 5.41 Å². The van der Waals surface area contributed by atoms with Gasteiger partial charge in [-0.2, -0.15) is 0 Å². The number of carbonyl (C=O) groups excluding carboxylic acids is 1. The summed E-state index contributed by atoms with van der Waals surface area (Å²) >= 11 is 0. The Morgan fingerprint density at radius 2 is 2.21 bits per heavy atom. The summed E-state index contributed by atoms with van der Waals surface area (Å²) in [6.45, 7) is 3.80. The summed E-state index contributed by atoms with van der Waals surface area (Å²) in [6, 6.07) is 3.18. The van der Waals surface area contributed by atoms with Crippen LogP contribution in [-0.4, -0.2) is 22.7 Å². The Morgan fingerprint density at radius 3 is 2.84 bits per heavy atom. The Hall–Kier alpha value is -2.31. The molecule has 1 amide bonds. The first-order valence-electron chi connectivity index (χ1n) is 5.72. The largest absolute Gasteiger partial charge is 0.508 e. The number of phenols is 1. The summed E-state index contributed by atoms with van der Waals surface area (Å²) in [5, 5.41) is 23.1. The minimum Gasteiger partial charge on any atom is -0.508 e. The Balaban J connectivity index is 2.52. The number of cyclic esters (lactones) is 1. The highest BCUT2D eigenvalue weighted by molar-refractivity contribution is 5.69. The number of phenolic OH excluding ortho intramolecular Hbond substituents is 1. The van der Waals surface area contributed by atoms with E-state index >= 15 is 0 Å². The molecule has 0 spiro atoms. The Morgan fingerprint density at radius 1 is 1.53 bits per heavy atom. The van der Waals surface area contributed by atoms with Crippen LogP contribution < -0.4 is 5.32 Å². The first-order chi connectivity index (χ1) is 8.81. The second kappa shape index (κ2) is 4.42. The van der Waals surface area contributed by atoms with Gasteiger partial charge in [-0.05, 0) is 12.1 Å². The number of hydrogen-bond donors (Lipinski definition) is 2. The van der Waals surface area contributed by atoms with Crippen LogP contribution in [0.2, 0.25) is 0 Å². The molecule has 0 radical (unpaired) electrons. The number of hydrogen-bond acceptors (Lipinski definition) is 5. The van der Waals surface area contributed by atoms with Crippen molar-refractivity contribution in [1.29, 1.82) is 0 Å². The van der Waals surface area contributed by atoms with Crippen LogP contribution in [0, 0.1) is 15.5 Å². The number of alkyl carbamates (subject to hydrolysis) is 1. The van der Waals surface area contributed by atoms with Gasteiger partial charge in [0.25, 0.3) is 5.69 Å². The number of nitrogens with zero attached hydrogens (tertiary/aromatic N) is 1. The molecule has 102 valence electrons. The van der Waals surface area contributed by atoms with Gasteiger partial charge in [-0.3, -0.25) is 10.1 Å². The lowest BCUT2D eigenvalue weighted by atomic mass is 9.80. The number of nitrogens with one attached hydrogen (secondary N) is 1. The summed E-state index contributed by atoms with van der Waals surface area (Å²) < 4.78 is 4.89. The van der Waals surface area contributed by atoms with Gasteiger partial charge in [-0.15, -0.1) is 0 Å². The van der Waals surface area contributed by atoms with E-state index in [2.05, 4.69) is 5.32 Å². The van der Waals surface area contributed by atoms with Crippen molar-refractivity contribution >= 4 is 11.8 Å². The molecule has 0 aromatic heterocycles. The second-order valence-electron chi connectivity index (χ2n) is 5.14. The molecule has 1 aromatic rings. The van der Waals surface area contributed by atoms with Gasteiger partial charge >= 0.3 is 6.09 Å². The van der Waals surface area contributed by atoms with Gasteiger partial charge in [0.05, 0.1) is 16.5 Å². The van der Waals surface area contributed by atoms with Gasteiger partial charge in [-0.1, -0.05) is 13.8 Å². The van der Waals surface area contributed by atoms with E-state index in [1.807, 2.05) is 13.8 Å². The zero-order valence-electron chi connectivity index (χ0n) is 10.5. The van der Waals surface area contributed by atoms with Crippen LogP contribution in [0.1, 0.15) is 25.5 Å². The topological polar surface area (TPSA) is 102 Å². The van der Waals surface area contributed by atoms with Crippen LogP contribution in [0.3, 0.4) is 0 Å². The maximum atomic E-state index is 11.3. The summed E-state index contributed by atoms with van der Waals surface area (Å²) in [5.74, 6) is -0.0860. The van der Waals surface area contributed by atoms with Gasteiger partial charge in [0.15, 0.2) is 0 Å². The van der Waals surface area contributed by atoms with Crippen LogP contribution in [0.15, 0.2) is 18.2 Å². The Kier molecular flexibility index (Phi) is 3.05. The molecule has 2 N–H and O–H groups in total. The minimum absolute atomic E-state index is 0.0860. The fraction of sp³-hybridized carbons (Fsp3) is 0.417. The molecule has 1 saturated heterocycles. The number of nitro benzene ring substituents is 1. The predicted octanol–water partition coefficient (Wildman–Crippen LogP) is 2.11. The lowest BCUT2D eigenvalue weighted by molar-refractivity contribution is -0.386. The third-order valence-electron chi connectivity index (χ3n) is 3.14. The molecule has 1 fully saturated rings. The number of nitro groups is 1. The third-order valence-corrected chi connectivity index (χ3v) is 3.14. The standard InChI is InChI=1S/C12H14N2O5/c1-12(2)6-19-11(16)13-10(12)8-5-7(15)3-4-9(8)14(17)18/h3-5,10,15H,6H2,1-2H3,(H,13,16)/t10-/m1/s1. The average molecular weight is 266 g/mol. The first kappa shape index (κ1) is 13.1. The molecule has 1 aliphatic heterocycles. The van der Waals surface area contributed by atoms with Crippen LogP contribution >= 0.6 is 0 Å². The molecule has 1 heterocycles. The molecular formula is C12H14N2O5. The molecule has 0 saturated carbocycles. The Bertz CT molecular complexity index is 541. The summed E-state index contributed by atoms with van der Waals surface area (Å²) in [7, 11) is 0. The van der Waals surface area contributed by atoms with E-state index in [0.717, 1.165) is 0 Å². The first-order valence-corrected chi connectivity index (χ1v) is 5.72. The second-order valence-corrected chi connectivity index (χ2v) is 5.14. The number of aromatic hydroxyl groups is 1. The summed E-state index contributed by atoms with van der Waals surface area (Å²) in [4.78, 5) is 21.8. The van der Waals surface area contributed by atoms with E-state index in [1.54, 1.807) is 0 Å². The van der Waals surface area contributed by atoms with Crippen LogP contribution in [0.25, 0.3) is 0 Å². The van der Waals surface area contributed by atoms with E-state index in [1.165, 1.54) is 18.2 Å². The van der Waals surface area contributed by atoms with E-state index in [-0.39, 0.29) is 23.6 Å². The lowest BCUT2D eigenvalue weighted by Crippen LogP contribution is -2.47. The minimum atomic E-state index is -0.623. The molecule has 0 unspecified atom stereocenters. The monoisotopic (exact) mass is 266 g/mol. The van der Waals surface area contributed by atoms with Crippen LogP contribution in [-0.2, 0) is 4.74 Å². The van der Waals surface area contributed by atoms with Crippen LogP contribution in [0.5, 0.6) is 5.75 Å². The number of ether oxygens (including phenoxy) is 1. The fourth-order valence-corrected chi connectivity index (χ4v) is 2.13. The molecule has 19 heavy (non-hydrogen) atoms. The highest BCUT2D eigenvalue weighted by Crippen LogP contribution is 2.41. The van der Waals surface area contributed by atoms with Crippen molar-refractivity contribution in [2.45, 2.75) is 19.9 Å². The van der Waals surface area contributed by atoms with Crippen molar-refractivity contribution in [3.05, 3.63) is 33.9 Å². The number of carbonyl (C=O) groups is 1. The highest BCUT2D eigenvalue weighted by atomic mass is 16.6. The quantitative estimate of drug-likeness (QED) is 0.630. The molecular weight excluding hydrogens is 252 g/mol. The van der Waals surface area contributed by atoms with E-state index < -0.39 is 22.5 Å². The SMILES string of the molecule is CC1(C)COC(=O)N[C@@H]1c1cc(O)ccc1[N+](=O)[O-]. The zero-order chi connectivity index (χ0) is 14.2. The number of rotatable bonds is 2. The Labute approximate surface area is 109 Å². The molecule has 0 bridgehead atoms. The highest BCUT2D eigenvalue weighted by Gasteiger charge is 2.41. The summed E-state index contributed by atoms with van der Waals surface area (Å²) in [5.41, 5.74) is -0.392. The van der Waals surface area contributed by atoms with Gasteiger partial charge in [-0.25, -0.2) is 4.79 Å². The lowest BCUT2D eigenvalue weighted by Gasteiger charge is -2.38. The third kappa shape index (κ3) is 2.44. The van der Waals surface area contributed by atoms with Crippen molar-refractivity contribution in [3.8, 4) is 5.75 Å². The summed E-state index contributed by atoms with van der Waals surface area (Å²) in [6.07, 6.45) is -0.623. The maximum absolute atomic E-state index is 11.3. The molecule has 1 atom stereocenters. The smallest absolute Gasteiger partial charge is 0.407 e. The number of benzene rings is 1. The van der Waals surface area contributed by atoms with Gasteiger partial charge in [0.1, 0.15) is 12.4 Å². The van der Waals surface area contributed by atoms with Crippen molar-refractivity contribution in [3.63, 3.8) is 0 Å². The van der Waals surface area contributed by atoms with E-state index in [0.29, 0.717) is 0 Å². The number of amides is 1. The van der Waals surface area contributed by atoms with Crippen molar-refractivity contribution < 1.29 is 19.6 Å². The average Bonchev–Trinajstić information content (AvgIpc) is 2.32. The zero-order valence-corrected chi connectivity index (χ0v) is 10.5. The van der Waals surface area contributed by atoms with Crippen molar-refractivity contribution in [2.75, 3.05) is 6.61 Å². The van der Waals surface area contributed by atoms with Crippen molar-refractivity contribution in [1.82, 2.24) is 5.32 Å². The van der Waals surface area contributed by atoms with Gasteiger partial charge in [0.2, 0.25) is 0 Å².